The lowest BCUT2D eigenvalue weighted by molar-refractivity contribution is 0.299. The van der Waals surface area contributed by atoms with Crippen LogP contribution >= 0.6 is 12.4 Å². The second kappa shape index (κ2) is 2.67. The van der Waals surface area contributed by atoms with Gasteiger partial charge < -0.3 is 5.32 Å². The lowest BCUT2D eigenvalue weighted by Gasteiger charge is -2.10. The number of rotatable bonds is 1. The van der Waals surface area contributed by atoms with Crippen molar-refractivity contribution in [2.45, 2.75) is 12.8 Å². The first-order valence-corrected chi connectivity index (χ1v) is 3.64. The van der Waals surface area contributed by atoms with Crippen LogP contribution in [0, 0.1) is 11.3 Å². The fourth-order valence-corrected chi connectivity index (χ4v) is 1.82. The maximum Gasteiger partial charge on any atom is 0.0940 e. The second-order valence-corrected chi connectivity index (χ2v) is 3.34. The van der Waals surface area contributed by atoms with Crippen molar-refractivity contribution in [2.24, 2.45) is 11.3 Å². The van der Waals surface area contributed by atoms with E-state index in [1.165, 1.54) is 12.8 Å². The molecule has 1 heterocycles. The Bertz CT molecular complexity index is 125. The molecule has 0 aromatic carbocycles. The van der Waals surface area contributed by atoms with Crippen molar-refractivity contribution in [3.8, 4) is 0 Å². The van der Waals surface area contributed by atoms with E-state index in [0.29, 0.717) is 11.3 Å². The highest BCUT2D eigenvalue weighted by Gasteiger charge is 2.51. The topological polar surface area (TPSA) is 12.0 Å². The average molecular weight is 166 g/mol. The van der Waals surface area contributed by atoms with E-state index in [-0.39, 0.29) is 19.1 Å². The zero-order valence-corrected chi connectivity index (χ0v) is 6.72. The fourth-order valence-electron chi connectivity index (χ4n) is 1.82. The minimum absolute atomic E-state index is 0. The van der Waals surface area contributed by atoms with Crippen molar-refractivity contribution < 1.29 is 4.39 Å². The molecule has 2 aliphatic rings. The van der Waals surface area contributed by atoms with Gasteiger partial charge in [-0.2, -0.15) is 0 Å². The molecule has 1 aliphatic heterocycles. The maximum atomic E-state index is 12.2. The predicted octanol–water partition coefficient (Wildman–Crippen LogP) is 1.38. The summed E-state index contributed by atoms with van der Waals surface area (Å²) in [7, 11) is 0. The van der Waals surface area contributed by atoms with Gasteiger partial charge in [0.2, 0.25) is 0 Å². The van der Waals surface area contributed by atoms with Gasteiger partial charge in [0, 0.05) is 19.0 Å². The Morgan fingerprint density at radius 2 is 2.20 bits per heavy atom. The highest BCUT2D eigenvalue weighted by Crippen LogP contribution is 2.53. The minimum Gasteiger partial charge on any atom is -0.316 e. The van der Waals surface area contributed by atoms with Crippen LogP contribution in [0.1, 0.15) is 12.8 Å². The van der Waals surface area contributed by atoms with Crippen molar-refractivity contribution in [3.05, 3.63) is 0 Å². The molecule has 0 amide bonds. The summed E-state index contributed by atoms with van der Waals surface area (Å²) in [6, 6.07) is 0. The van der Waals surface area contributed by atoms with Gasteiger partial charge in [-0.3, -0.25) is 4.39 Å². The summed E-state index contributed by atoms with van der Waals surface area (Å²) >= 11 is 0. The molecule has 0 aromatic heterocycles. The number of nitrogens with one attached hydrogen (secondary N) is 1. The molecule has 1 aliphatic carbocycles. The zero-order chi connectivity index (χ0) is 6.32. The van der Waals surface area contributed by atoms with Crippen molar-refractivity contribution >= 4 is 12.4 Å². The molecule has 1 atom stereocenters. The van der Waals surface area contributed by atoms with Crippen LogP contribution in [-0.4, -0.2) is 19.8 Å². The quantitative estimate of drug-likeness (QED) is 0.619. The second-order valence-electron chi connectivity index (χ2n) is 3.34. The molecule has 2 rings (SSSR count). The van der Waals surface area contributed by atoms with Gasteiger partial charge in [0.25, 0.3) is 0 Å². The molecule has 1 unspecified atom stereocenters. The summed E-state index contributed by atoms with van der Waals surface area (Å²) in [6.45, 7) is 1.87. The SMILES string of the molecule is Cl.FCC1CNCC12CC2. The molecule has 1 spiro atoms. The van der Waals surface area contributed by atoms with E-state index in [2.05, 4.69) is 5.32 Å². The van der Waals surface area contributed by atoms with Crippen LogP contribution in [0.2, 0.25) is 0 Å². The molecule has 0 bridgehead atoms. The van der Waals surface area contributed by atoms with Crippen LogP contribution < -0.4 is 5.32 Å². The smallest absolute Gasteiger partial charge is 0.0940 e. The van der Waals surface area contributed by atoms with Crippen LogP contribution in [0.25, 0.3) is 0 Å². The normalized spacial score (nSPS) is 33.9. The highest BCUT2D eigenvalue weighted by molar-refractivity contribution is 5.85. The van der Waals surface area contributed by atoms with Crippen LogP contribution in [0.5, 0.6) is 0 Å². The van der Waals surface area contributed by atoms with Crippen LogP contribution in [0.4, 0.5) is 4.39 Å². The summed E-state index contributed by atoms with van der Waals surface area (Å²) in [4.78, 5) is 0. The molecular weight excluding hydrogens is 153 g/mol. The molecule has 1 nitrogen and oxygen atoms in total. The van der Waals surface area contributed by atoms with Gasteiger partial charge in [0.05, 0.1) is 6.67 Å². The summed E-state index contributed by atoms with van der Waals surface area (Å²) in [5.41, 5.74) is 0.425. The minimum atomic E-state index is -0.118. The summed E-state index contributed by atoms with van der Waals surface area (Å²) in [5.74, 6) is 0.345. The Labute approximate surface area is 66.8 Å². The molecule has 1 saturated heterocycles. The molecule has 0 aromatic rings. The van der Waals surface area contributed by atoms with Crippen LogP contribution in [0.15, 0.2) is 0 Å². The van der Waals surface area contributed by atoms with E-state index in [0.717, 1.165) is 13.1 Å². The third-order valence-corrected chi connectivity index (χ3v) is 2.81. The van der Waals surface area contributed by atoms with Gasteiger partial charge in [-0.05, 0) is 18.3 Å². The third kappa shape index (κ3) is 1.04. The fraction of sp³-hybridized carbons (Fsp3) is 1.00. The van der Waals surface area contributed by atoms with Gasteiger partial charge in [0.1, 0.15) is 0 Å². The molecule has 1 saturated carbocycles. The maximum absolute atomic E-state index is 12.2. The van der Waals surface area contributed by atoms with Crippen molar-refractivity contribution in [1.29, 1.82) is 0 Å². The van der Waals surface area contributed by atoms with Gasteiger partial charge in [-0.15, -0.1) is 12.4 Å². The van der Waals surface area contributed by atoms with Crippen molar-refractivity contribution in [3.63, 3.8) is 0 Å². The molecule has 1 N–H and O–H groups in total. The molecule has 2 fully saturated rings. The van der Waals surface area contributed by atoms with Crippen LogP contribution in [0.3, 0.4) is 0 Å². The number of alkyl halides is 1. The van der Waals surface area contributed by atoms with Crippen molar-refractivity contribution in [1.82, 2.24) is 5.32 Å². The van der Waals surface area contributed by atoms with E-state index < -0.39 is 0 Å². The Hall–Kier alpha value is 0.180. The Morgan fingerprint density at radius 1 is 1.50 bits per heavy atom. The Kier molecular flexibility index (Phi) is 2.21. The summed E-state index contributed by atoms with van der Waals surface area (Å²) < 4.78 is 12.2. The standard InChI is InChI=1S/C7H12FN.ClH/c8-3-6-4-9-5-7(6)1-2-7;/h6,9H,1-5H2;1H. The first-order chi connectivity index (χ1) is 4.37. The summed E-state index contributed by atoms with van der Waals surface area (Å²) in [6.07, 6.45) is 2.52. The lowest BCUT2D eigenvalue weighted by Crippen LogP contribution is -2.14. The van der Waals surface area contributed by atoms with Gasteiger partial charge in [-0.1, -0.05) is 0 Å². The molecule has 0 radical (unpaired) electrons. The highest BCUT2D eigenvalue weighted by atomic mass is 35.5. The van der Waals surface area contributed by atoms with E-state index >= 15 is 0 Å². The average Bonchev–Trinajstić information content (AvgIpc) is 2.45. The molecule has 10 heavy (non-hydrogen) atoms. The first kappa shape index (κ1) is 8.28. The third-order valence-electron chi connectivity index (χ3n) is 2.81. The number of hydrogen-bond donors (Lipinski definition) is 1. The Morgan fingerprint density at radius 3 is 2.60 bits per heavy atom. The monoisotopic (exact) mass is 165 g/mol. The van der Waals surface area contributed by atoms with E-state index in [4.69, 9.17) is 0 Å². The lowest BCUT2D eigenvalue weighted by atomic mass is 9.94. The van der Waals surface area contributed by atoms with E-state index in [9.17, 15) is 4.39 Å². The van der Waals surface area contributed by atoms with Crippen LogP contribution in [-0.2, 0) is 0 Å². The number of halogens is 2. The molecule has 3 heteroatoms. The van der Waals surface area contributed by atoms with Gasteiger partial charge in [-0.25, -0.2) is 0 Å². The predicted molar refractivity (Wildman–Crippen MR) is 41.2 cm³/mol. The van der Waals surface area contributed by atoms with E-state index in [1.54, 1.807) is 0 Å². The van der Waals surface area contributed by atoms with Gasteiger partial charge >= 0.3 is 0 Å². The molecule has 60 valence electrons. The van der Waals surface area contributed by atoms with Crippen molar-refractivity contribution in [2.75, 3.05) is 19.8 Å². The zero-order valence-electron chi connectivity index (χ0n) is 5.90. The first-order valence-electron chi connectivity index (χ1n) is 3.64. The number of hydrogen-bond acceptors (Lipinski definition) is 1. The largest absolute Gasteiger partial charge is 0.316 e. The van der Waals surface area contributed by atoms with E-state index in [1.807, 2.05) is 0 Å². The summed E-state index contributed by atoms with van der Waals surface area (Å²) in [5, 5.41) is 3.24. The Balaban J connectivity index is 0.000000500. The molecular formula is C7H13ClFN. The van der Waals surface area contributed by atoms with Gasteiger partial charge in [0.15, 0.2) is 0 Å².